The number of nitriles is 1. The molecule has 154 valence electrons. The van der Waals surface area contributed by atoms with E-state index < -0.39 is 18.3 Å². The van der Waals surface area contributed by atoms with Gasteiger partial charge in [0.05, 0.1) is 43.7 Å². The first-order valence-electron chi connectivity index (χ1n) is 9.69. The molecule has 0 radical (unpaired) electrons. The van der Waals surface area contributed by atoms with Crippen molar-refractivity contribution in [3.63, 3.8) is 0 Å². The maximum atomic E-state index is 12.4. The Bertz CT molecular complexity index is 1050. The first-order chi connectivity index (χ1) is 14.6. The summed E-state index contributed by atoms with van der Waals surface area (Å²) in [4.78, 5) is 27.7. The van der Waals surface area contributed by atoms with E-state index in [0.717, 1.165) is 34.7 Å². The minimum atomic E-state index is -0.549. The molecule has 10 nitrogen and oxygen atoms in total. The van der Waals surface area contributed by atoms with Gasteiger partial charge in [-0.2, -0.15) is 10.4 Å². The largest absolute Gasteiger partial charge is 0.453 e. The molecule has 1 saturated heterocycles. The third-order valence-electron chi connectivity index (χ3n) is 5.82. The van der Waals surface area contributed by atoms with Crippen LogP contribution in [-0.2, 0) is 35.5 Å². The van der Waals surface area contributed by atoms with Gasteiger partial charge in [-0.1, -0.05) is 0 Å². The van der Waals surface area contributed by atoms with Gasteiger partial charge >= 0.3 is 12.2 Å². The third kappa shape index (κ3) is 2.90. The molecular weight excluding hydrogens is 388 g/mol. The van der Waals surface area contributed by atoms with E-state index in [4.69, 9.17) is 10.00 Å². The summed E-state index contributed by atoms with van der Waals surface area (Å²) in [5.41, 5.74) is 5.12. The fourth-order valence-electron chi connectivity index (χ4n) is 4.44. The van der Waals surface area contributed by atoms with E-state index in [0.29, 0.717) is 13.0 Å². The Hall–Kier alpha value is -3.74. The molecule has 2 atom stereocenters. The Morgan fingerprint density at radius 1 is 1.40 bits per heavy atom. The third-order valence-corrected chi connectivity index (χ3v) is 5.82. The summed E-state index contributed by atoms with van der Waals surface area (Å²) in [6.07, 6.45) is 1.22. The van der Waals surface area contributed by atoms with Crippen LogP contribution in [0, 0.1) is 11.3 Å². The van der Waals surface area contributed by atoms with Crippen molar-refractivity contribution in [1.29, 1.82) is 5.26 Å². The highest BCUT2D eigenvalue weighted by Gasteiger charge is 2.47. The molecule has 2 aromatic rings. The number of aromatic nitrogens is 2. The first kappa shape index (κ1) is 18.3. The van der Waals surface area contributed by atoms with Gasteiger partial charge in [0.25, 0.3) is 0 Å². The minimum Gasteiger partial charge on any atom is -0.453 e. The minimum absolute atomic E-state index is 0.149. The van der Waals surface area contributed by atoms with Crippen LogP contribution in [0.15, 0.2) is 24.4 Å². The van der Waals surface area contributed by atoms with Gasteiger partial charge in [-0.15, -0.1) is 0 Å². The quantitative estimate of drug-likeness (QED) is 0.816. The van der Waals surface area contributed by atoms with Crippen LogP contribution < -0.4 is 15.1 Å². The van der Waals surface area contributed by atoms with Gasteiger partial charge in [-0.25, -0.2) is 9.59 Å². The monoisotopic (exact) mass is 408 g/mol. The van der Waals surface area contributed by atoms with E-state index >= 15 is 0 Å². The first-order valence-corrected chi connectivity index (χ1v) is 9.69. The van der Waals surface area contributed by atoms with E-state index in [1.165, 1.54) is 7.11 Å². The molecule has 1 aromatic carbocycles. The molecule has 1 N–H and O–H groups in total. The van der Waals surface area contributed by atoms with Crippen LogP contribution in [0.25, 0.3) is 0 Å². The number of cyclic esters (lactones) is 1. The molecule has 1 aromatic heterocycles. The number of alkyl carbamates (subject to hydrolysis) is 1. The average Bonchev–Trinajstić information content (AvgIpc) is 3.46. The lowest BCUT2D eigenvalue weighted by Gasteiger charge is -2.19. The lowest BCUT2D eigenvalue weighted by Crippen LogP contribution is -2.40. The lowest BCUT2D eigenvalue weighted by atomic mass is 10.0. The lowest BCUT2D eigenvalue weighted by molar-refractivity contribution is 0.123. The summed E-state index contributed by atoms with van der Waals surface area (Å²) >= 11 is 0. The predicted octanol–water partition coefficient (Wildman–Crippen LogP) is 1.53. The topological polar surface area (TPSA) is 113 Å². The summed E-state index contributed by atoms with van der Waals surface area (Å²) in [6, 6.07) is 8.02. The van der Waals surface area contributed by atoms with Crippen LogP contribution in [0.4, 0.5) is 21.0 Å². The highest BCUT2D eigenvalue weighted by molar-refractivity contribution is 5.94. The van der Waals surface area contributed by atoms with Crippen molar-refractivity contribution in [2.75, 3.05) is 23.5 Å². The molecule has 30 heavy (non-hydrogen) atoms. The number of fused-ring (bicyclic) bond motifs is 4. The fraction of sp³-hybridized carbons (Fsp3) is 0.400. The van der Waals surface area contributed by atoms with Gasteiger partial charge in [-0.05, 0) is 30.2 Å². The summed E-state index contributed by atoms with van der Waals surface area (Å²) in [6.45, 7) is 1.89. The van der Waals surface area contributed by atoms with Crippen molar-refractivity contribution in [3.8, 4) is 6.07 Å². The highest BCUT2D eigenvalue weighted by Crippen LogP contribution is 2.41. The number of nitrogens with zero attached hydrogens (tertiary/aromatic N) is 5. The van der Waals surface area contributed by atoms with Crippen LogP contribution in [0.3, 0.4) is 0 Å². The van der Waals surface area contributed by atoms with Gasteiger partial charge in [0.15, 0.2) is 0 Å². The van der Waals surface area contributed by atoms with E-state index in [-0.39, 0.29) is 19.1 Å². The van der Waals surface area contributed by atoms with Crippen molar-refractivity contribution >= 4 is 23.6 Å². The molecule has 3 aliphatic heterocycles. The van der Waals surface area contributed by atoms with Crippen LogP contribution in [0.2, 0.25) is 0 Å². The van der Waals surface area contributed by atoms with Crippen molar-refractivity contribution in [2.45, 2.75) is 38.2 Å². The van der Waals surface area contributed by atoms with Gasteiger partial charge < -0.3 is 19.7 Å². The second-order valence-electron chi connectivity index (χ2n) is 7.56. The zero-order chi connectivity index (χ0) is 20.8. The zero-order valence-corrected chi connectivity index (χ0v) is 16.4. The number of benzene rings is 1. The van der Waals surface area contributed by atoms with Gasteiger partial charge in [0, 0.05) is 24.0 Å². The summed E-state index contributed by atoms with van der Waals surface area (Å²) in [5, 5.41) is 15.9. The molecule has 4 heterocycles. The molecule has 0 saturated carbocycles. The number of anilines is 2. The highest BCUT2D eigenvalue weighted by atomic mass is 16.6. The smallest absolute Gasteiger partial charge is 0.415 e. The molecule has 3 aliphatic rings. The Morgan fingerprint density at radius 2 is 2.27 bits per heavy atom. The number of carbonyl (C=O) groups excluding carboxylic acids is 2. The molecular formula is C20H20N6O4. The number of ether oxygens (including phenoxy) is 2. The molecule has 0 spiro atoms. The Balaban J connectivity index is 1.31. The van der Waals surface area contributed by atoms with Crippen LogP contribution in [-0.4, -0.2) is 47.8 Å². The van der Waals surface area contributed by atoms with Gasteiger partial charge in [-0.3, -0.25) is 9.58 Å². The molecule has 1 unspecified atom stereocenters. The van der Waals surface area contributed by atoms with E-state index in [2.05, 4.69) is 32.2 Å². The van der Waals surface area contributed by atoms with Crippen LogP contribution in [0.1, 0.15) is 16.8 Å². The molecule has 1 fully saturated rings. The second kappa shape index (κ2) is 6.95. The number of nitrogens with one attached hydrogen (secondary N) is 1. The predicted molar refractivity (Wildman–Crippen MR) is 105 cm³/mol. The molecule has 0 bridgehead atoms. The number of hydrogen-bond donors (Lipinski definition) is 1. The maximum Gasteiger partial charge on any atom is 0.415 e. The second-order valence-corrected chi connectivity index (χ2v) is 7.56. The van der Waals surface area contributed by atoms with Crippen LogP contribution >= 0.6 is 0 Å². The Morgan fingerprint density at radius 3 is 3.03 bits per heavy atom. The molecule has 10 heteroatoms. The maximum absolute atomic E-state index is 12.4. The van der Waals surface area contributed by atoms with Gasteiger partial charge in [0.1, 0.15) is 12.6 Å². The van der Waals surface area contributed by atoms with Crippen molar-refractivity contribution in [2.24, 2.45) is 0 Å². The average molecular weight is 408 g/mol. The van der Waals surface area contributed by atoms with E-state index in [1.54, 1.807) is 9.58 Å². The SMILES string of the molecule is COC(=O)NCC1OC(=O)N2c3ccc(N4Cc5cn(CC#N)nc5C4)cc3C[C@@H]12. The number of amides is 2. The number of hydrogen-bond acceptors (Lipinski definition) is 7. The van der Waals surface area contributed by atoms with Crippen molar-refractivity contribution < 1.29 is 19.1 Å². The Labute approximate surface area is 172 Å². The number of rotatable bonds is 4. The van der Waals surface area contributed by atoms with Crippen molar-refractivity contribution in [3.05, 3.63) is 41.2 Å². The number of carbonyl (C=O) groups is 2. The van der Waals surface area contributed by atoms with E-state index in [9.17, 15) is 9.59 Å². The molecule has 2 amide bonds. The fourth-order valence-corrected chi connectivity index (χ4v) is 4.44. The summed E-state index contributed by atoms with van der Waals surface area (Å²) in [5.74, 6) is 0. The summed E-state index contributed by atoms with van der Waals surface area (Å²) in [7, 11) is 1.30. The van der Waals surface area contributed by atoms with Crippen LogP contribution in [0.5, 0.6) is 0 Å². The van der Waals surface area contributed by atoms with E-state index in [1.807, 2.05) is 18.3 Å². The Kier molecular flexibility index (Phi) is 4.24. The van der Waals surface area contributed by atoms with Gasteiger partial charge in [0.2, 0.25) is 0 Å². The zero-order valence-electron chi connectivity index (χ0n) is 16.4. The normalized spacial score (nSPS) is 21.0. The molecule has 5 rings (SSSR count). The standard InChI is InChI=1S/C20H20N6O4/c1-29-19(27)22-8-18-17-7-12-6-14(2-3-16(12)26(17)20(28)30-18)24-9-13-10-25(5-4-21)23-15(13)11-24/h2-3,6,10,17-18H,5,7-9,11H2,1H3,(H,22,27)/t17-,18?/m0/s1. The molecule has 0 aliphatic carbocycles. The number of methoxy groups -OCH3 is 1. The summed E-state index contributed by atoms with van der Waals surface area (Å²) < 4.78 is 11.7. The van der Waals surface area contributed by atoms with Crippen molar-refractivity contribution in [1.82, 2.24) is 15.1 Å².